The Balaban J connectivity index is 2.11. The van der Waals surface area contributed by atoms with Gasteiger partial charge in [0.15, 0.2) is 0 Å². The third-order valence-electron chi connectivity index (χ3n) is 5.05. The zero-order valence-corrected chi connectivity index (χ0v) is 15.3. The molecule has 0 saturated carbocycles. The number of amides is 1. The lowest BCUT2D eigenvalue weighted by Gasteiger charge is -2.28. The summed E-state index contributed by atoms with van der Waals surface area (Å²) in [6.45, 7) is 9.32. The van der Waals surface area contributed by atoms with Crippen LogP contribution >= 0.6 is 0 Å². The van der Waals surface area contributed by atoms with E-state index in [0.717, 1.165) is 29.7 Å². The molecule has 1 heterocycles. The van der Waals surface area contributed by atoms with Crippen LogP contribution in [0.4, 0.5) is 0 Å². The average molecular weight is 330 g/mol. The van der Waals surface area contributed by atoms with E-state index in [1.807, 2.05) is 32.0 Å². The van der Waals surface area contributed by atoms with E-state index >= 15 is 0 Å². The van der Waals surface area contributed by atoms with Gasteiger partial charge in [-0.3, -0.25) is 4.79 Å². The van der Waals surface area contributed by atoms with E-state index in [1.54, 1.807) is 0 Å². The summed E-state index contributed by atoms with van der Waals surface area (Å²) in [7, 11) is 0. The minimum Gasteiger partial charge on any atom is -0.355 e. The molecule has 0 saturated heterocycles. The highest BCUT2D eigenvalue weighted by Gasteiger charge is 2.32. The first-order valence-electron chi connectivity index (χ1n) is 8.93. The van der Waals surface area contributed by atoms with Gasteiger partial charge in [-0.25, -0.2) is 4.98 Å². The Labute approximate surface area is 144 Å². The van der Waals surface area contributed by atoms with E-state index in [9.17, 15) is 4.79 Å². The van der Waals surface area contributed by atoms with Crippen molar-refractivity contribution >= 4 is 16.9 Å². The molecule has 0 aliphatic heterocycles. The molecule has 0 aliphatic carbocycles. The predicted molar refractivity (Wildman–Crippen MR) is 98.9 cm³/mol. The molecular weight excluding hydrogens is 300 g/mol. The van der Waals surface area contributed by atoms with Gasteiger partial charge in [-0.1, -0.05) is 26.0 Å². The fourth-order valence-electron chi connectivity index (χ4n) is 3.27. The fraction of sp³-hybridized carbons (Fsp3) is 0.579. The van der Waals surface area contributed by atoms with Crippen molar-refractivity contribution in [3.8, 4) is 0 Å². The normalized spacial score (nSPS) is 12.1. The number of aromatic nitrogens is 2. The topological polar surface area (TPSA) is 72.9 Å². The van der Waals surface area contributed by atoms with Crippen LogP contribution in [0.1, 0.15) is 52.4 Å². The highest BCUT2D eigenvalue weighted by atomic mass is 16.2. The molecule has 1 aromatic heterocycles. The van der Waals surface area contributed by atoms with E-state index in [4.69, 9.17) is 10.7 Å². The molecule has 3 N–H and O–H groups in total. The molecule has 2 rings (SSSR count). The third-order valence-corrected chi connectivity index (χ3v) is 5.05. The molecule has 0 atom stereocenters. The number of imidazole rings is 1. The van der Waals surface area contributed by atoms with Crippen molar-refractivity contribution in [2.75, 3.05) is 13.1 Å². The quantitative estimate of drug-likeness (QED) is 0.781. The van der Waals surface area contributed by atoms with E-state index < -0.39 is 5.41 Å². The van der Waals surface area contributed by atoms with Gasteiger partial charge in [0, 0.05) is 25.6 Å². The highest BCUT2D eigenvalue weighted by molar-refractivity contribution is 5.82. The highest BCUT2D eigenvalue weighted by Crippen LogP contribution is 2.25. The van der Waals surface area contributed by atoms with Crippen LogP contribution in [0.2, 0.25) is 0 Å². The van der Waals surface area contributed by atoms with E-state index in [1.165, 1.54) is 0 Å². The summed E-state index contributed by atoms with van der Waals surface area (Å²) in [5.41, 5.74) is 7.55. The van der Waals surface area contributed by atoms with Gasteiger partial charge in [0.1, 0.15) is 5.82 Å². The number of fused-ring (bicyclic) bond motifs is 1. The molecule has 2 aromatic rings. The monoisotopic (exact) mass is 330 g/mol. The second-order valence-electron chi connectivity index (χ2n) is 6.68. The number of nitrogens with two attached hydrogens (primary N) is 1. The number of hydrogen-bond donors (Lipinski definition) is 2. The number of rotatable bonds is 8. The maximum absolute atomic E-state index is 12.5. The van der Waals surface area contributed by atoms with Crippen LogP contribution < -0.4 is 11.1 Å². The molecule has 0 radical (unpaired) electrons. The van der Waals surface area contributed by atoms with Crippen LogP contribution in [0.15, 0.2) is 24.3 Å². The SMILES string of the molecule is CCC(CC)(CN)C(=O)NCCc1nc2ccccc2n1C(C)C. The Bertz CT molecular complexity index is 677. The lowest BCUT2D eigenvalue weighted by molar-refractivity contribution is -0.131. The van der Waals surface area contributed by atoms with Gasteiger partial charge in [0.05, 0.1) is 16.4 Å². The summed E-state index contributed by atoms with van der Waals surface area (Å²) < 4.78 is 2.25. The van der Waals surface area contributed by atoms with E-state index in [0.29, 0.717) is 25.6 Å². The van der Waals surface area contributed by atoms with Gasteiger partial charge in [0.25, 0.3) is 0 Å². The van der Waals surface area contributed by atoms with Crippen molar-refractivity contribution in [3.63, 3.8) is 0 Å². The van der Waals surface area contributed by atoms with Crippen LogP contribution in [0.3, 0.4) is 0 Å². The zero-order chi connectivity index (χ0) is 17.7. The molecule has 5 heteroatoms. The molecular formula is C19H30N4O. The first-order valence-corrected chi connectivity index (χ1v) is 8.93. The Kier molecular flexibility index (Phi) is 5.99. The van der Waals surface area contributed by atoms with Crippen LogP contribution in [-0.4, -0.2) is 28.5 Å². The first kappa shape index (κ1) is 18.5. The molecule has 0 aliphatic rings. The van der Waals surface area contributed by atoms with Gasteiger partial charge in [0.2, 0.25) is 5.91 Å². The van der Waals surface area contributed by atoms with Gasteiger partial charge >= 0.3 is 0 Å². The van der Waals surface area contributed by atoms with Gasteiger partial charge < -0.3 is 15.6 Å². The van der Waals surface area contributed by atoms with Crippen LogP contribution in [0.25, 0.3) is 11.0 Å². The second-order valence-corrected chi connectivity index (χ2v) is 6.68. The Morgan fingerprint density at radius 2 is 1.96 bits per heavy atom. The molecule has 0 bridgehead atoms. The maximum Gasteiger partial charge on any atom is 0.227 e. The largest absolute Gasteiger partial charge is 0.355 e. The van der Waals surface area contributed by atoms with Gasteiger partial charge in [-0.05, 0) is 38.8 Å². The lowest BCUT2D eigenvalue weighted by Crippen LogP contribution is -2.45. The lowest BCUT2D eigenvalue weighted by atomic mass is 9.81. The van der Waals surface area contributed by atoms with Gasteiger partial charge in [-0.15, -0.1) is 0 Å². The number of carbonyl (C=O) groups excluding carboxylic acids is 1. The minimum atomic E-state index is -0.446. The minimum absolute atomic E-state index is 0.0576. The molecule has 0 spiro atoms. The average Bonchev–Trinajstić information content (AvgIpc) is 2.95. The summed E-state index contributed by atoms with van der Waals surface area (Å²) in [5.74, 6) is 1.07. The third kappa shape index (κ3) is 3.46. The number of nitrogens with one attached hydrogen (secondary N) is 1. The zero-order valence-electron chi connectivity index (χ0n) is 15.3. The van der Waals surface area contributed by atoms with Crippen molar-refractivity contribution in [1.82, 2.24) is 14.9 Å². The Morgan fingerprint density at radius 3 is 2.54 bits per heavy atom. The van der Waals surface area contributed by atoms with Crippen LogP contribution in [0.5, 0.6) is 0 Å². The number of hydrogen-bond acceptors (Lipinski definition) is 3. The van der Waals surface area contributed by atoms with E-state index in [2.05, 4.69) is 29.8 Å². The molecule has 24 heavy (non-hydrogen) atoms. The molecule has 0 unspecified atom stereocenters. The van der Waals surface area contributed by atoms with Gasteiger partial charge in [-0.2, -0.15) is 0 Å². The Morgan fingerprint density at radius 1 is 1.29 bits per heavy atom. The molecule has 0 fully saturated rings. The summed E-state index contributed by atoms with van der Waals surface area (Å²) in [5, 5.41) is 3.06. The standard InChI is InChI=1S/C19H30N4O/c1-5-19(6-2,13-20)18(24)21-12-11-17-22-15-9-7-8-10-16(15)23(17)14(3)4/h7-10,14H,5-6,11-13,20H2,1-4H3,(H,21,24). The van der Waals surface area contributed by atoms with Crippen molar-refractivity contribution in [2.45, 2.75) is 53.0 Å². The van der Waals surface area contributed by atoms with Crippen molar-refractivity contribution in [1.29, 1.82) is 0 Å². The van der Waals surface area contributed by atoms with Crippen molar-refractivity contribution < 1.29 is 4.79 Å². The summed E-state index contributed by atoms with van der Waals surface area (Å²) in [6, 6.07) is 8.50. The Hall–Kier alpha value is -1.88. The number of carbonyl (C=O) groups is 1. The summed E-state index contributed by atoms with van der Waals surface area (Å²) in [6.07, 6.45) is 2.24. The number of nitrogens with zero attached hydrogens (tertiary/aromatic N) is 2. The second kappa shape index (κ2) is 7.79. The number of para-hydroxylation sites is 2. The van der Waals surface area contributed by atoms with Crippen LogP contribution in [0, 0.1) is 5.41 Å². The molecule has 132 valence electrons. The maximum atomic E-state index is 12.5. The summed E-state index contributed by atoms with van der Waals surface area (Å²) in [4.78, 5) is 17.3. The van der Waals surface area contributed by atoms with Crippen molar-refractivity contribution in [2.24, 2.45) is 11.1 Å². The van der Waals surface area contributed by atoms with Crippen LogP contribution in [-0.2, 0) is 11.2 Å². The summed E-state index contributed by atoms with van der Waals surface area (Å²) >= 11 is 0. The first-order chi connectivity index (χ1) is 11.5. The molecule has 5 nitrogen and oxygen atoms in total. The molecule has 1 amide bonds. The van der Waals surface area contributed by atoms with E-state index in [-0.39, 0.29) is 5.91 Å². The number of benzene rings is 1. The fourth-order valence-corrected chi connectivity index (χ4v) is 3.27. The molecule has 1 aromatic carbocycles. The smallest absolute Gasteiger partial charge is 0.227 e. The van der Waals surface area contributed by atoms with Crippen molar-refractivity contribution in [3.05, 3.63) is 30.1 Å². The predicted octanol–water partition coefficient (Wildman–Crippen LogP) is 3.04.